The van der Waals surface area contributed by atoms with Crippen molar-refractivity contribution in [1.82, 2.24) is 5.32 Å². The summed E-state index contributed by atoms with van der Waals surface area (Å²) in [4.78, 5) is 12.1. The Labute approximate surface area is 113 Å². The molecule has 3 nitrogen and oxygen atoms in total. The van der Waals surface area contributed by atoms with Gasteiger partial charge in [-0.25, -0.2) is 4.39 Å². The molecule has 0 aromatic heterocycles. The van der Waals surface area contributed by atoms with Crippen LogP contribution in [0.3, 0.4) is 0 Å². The quantitative estimate of drug-likeness (QED) is 0.852. The molecule has 0 atom stereocenters. The first-order valence-corrected chi connectivity index (χ1v) is 6.85. The maximum atomic E-state index is 13.8. The van der Waals surface area contributed by atoms with Crippen molar-refractivity contribution in [3.05, 3.63) is 29.6 Å². The number of ether oxygens (including phenoxy) is 1. The lowest BCUT2D eigenvalue weighted by Crippen LogP contribution is -2.34. The van der Waals surface area contributed by atoms with E-state index in [0.29, 0.717) is 5.75 Å². The van der Waals surface area contributed by atoms with E-state index in [9.17, 15) is 9.18 Å². The molecule has 0 aliphatic heterocycles. The molecule has 1 fully saturated rings. The van der Waals surface area contributed by atoms with Crippen molar-refractivity contribution in [2.24, 2.45) is 0 Å². The van der Waals surface area contributed by atoms with Gasteiger partial charge in [-0.15, -0.1) is 0 Å². The molecule has 0 radical (unpaired) electrons. The minimum atomic E-state index is -0.537. The Kier molecular flexibility index (Phi) is 4.77. The Balaban J connectivity index is 2.02. The number of halogens is 1. The predicted octanol–water partition coefficient (Wildman–Crippen LogP) is 3.29. The summed E-state index contributed by atoms with van der Waals surface area (Å²) in [5.41, 5.74) is 0.0880. The highest BCUT2D eigenvalue weighted by Crippen LogP contribution is 2.19. The third-order valence-corrected chi connectivity index (χ3v) is 3.61. The highest BCUT2D eigenvalue weighted by atomic mass is 19.1. The van der Waals surface area contributed by atoms with Crippen molar-refractivity contribution in [3.63, 3.8) is 0 Å². The molecular formula is C15H20FNO2. The van der Waals surface area contributed by atoms with Gasteiger partial charge in [-0.3, -0.25) is 4.79 Å². The van der Waals surface area contributed by atoms with Crippen molar-refractivity contribution < 1.29 is 13.9 Å². The molecule has 1 saturated carbocycles. The Morgan fingerprint density at radius 1 is 1.26 bits per heavy atom. The van der Waals surface area contributed by atoms with Gasteiger partial charge in [0.1, 0.15) is 11.6 Å². The van der Waals surface area contributed by atoms with Crippen LogP contribution in [0.2, 0.25) is 0 Å². The summed E-state index contributed by atoms with van der Waals surface area (Å²) >= 11 is 0. The summed E-state index contributed by atoms with van der Waals surface area (Å²) < 4.78 is 18.7. The number of hydrogen-bond acceptors (Lipinski definition) is 2. The zero-order valence-corrected chi connectivity index (χ0v) is 11.2. The van der Waals surface area contributed by atoms with Gasteiger partial charge in [0.15, 0.2) is 0 Å². The van der Waals surface area contributed by atoms with E-state index in [1.54, 1.807) is 6.07 Å². The molecule has 1 aromatic carbocycles. The summed E-state index contributed by atoms with van der Waals surface area (Å²) in [6.07, 6.45) is 6.70. The number of carbonyl (C=O) groups excluding carboxylic acids is 1. The number of nitrogens with one attached hydrogen (secondary N) is 1. The lowest BCUT2D eigenvalue weighted by atomic mass is 10.1. The third kappa shape index (κ3) is 3.69. The van der Waals surface area contributed by atoms with E-state index in [2.05, 4.69) is 5.32 Å². The molecule has 0 unspecified atom stereocenters. The molecule has 4 heteroatoms. The Morgan fingerprint density at radius 2 is 1.95 bits per heavy atom. The lowest BCUT2D eigenvalue weighted by molar-refractivity contribution is 0.0929. The van der Waals surface area contributed by atoms with Crippen LogP contribution in [0, 0.1) is 5.82 Å². The smallest absolute Gasteiger partial charge is 0.254 e. The van der Waals surface area contributed by atoms with Crippen LogP contribution in [0.25, 0.3) is 0 Å². The van der Waals surface area contributed by atoms with E-state index in [1.807, 2.05) is 0 Å². The summed E-state index contributed by atoms with van der Waals surface area (Å²) in [6, 6.07) is 4.49. The van der Waals surface area contributed by atoms with Crippen molar-refractivity contribution in [1.29, 1.82) is 0 Å². The minimum absolute atomic E-state index is 0.0880. The average molecular weight is 265 g/mol. The Bertz CT molecular complexity index is 440. The molecule has 1 amide bonds. The number of methoxy groups -OCH3 is 1. The molecule has 0 saturated heterocycles. The zero-order valence-electron chi connectivity index (χ0n) is 11.2. The Morgan fingerprint density at radius 3 is 2.53 bits per heavy atom. The number of benzene rings is 1. The fraction of sp³-hybridized carbons (Fsp3) is 0.533. The van der Waals surface area contributed by atoms with Gasteiger partial charge in [0.05, 0.1) is 12.7 Å². The van der Waals surface area contributed by atoms with Crippen molar-refractivity contribution in [2.75, 3.05) is 7.11 Å². The van der Waals surface area contributed by atoms with Crippen LogP contribution >= 0.6 is 0 Å². The molecule has 0 heterocycles. The molecule has 0 spiro atoms. The van der Waals surface area contributed by atoms with E-state index in [1.165, 1.54) is 32.1 Å². The first-order chi connectivity index (χ1) is 9.20. The summed E-state index contributed by atoms with van der Waals surface area (Å²) in [5.74, 6) is -0.443. The first-order valence-electron chi connectivity index (χ1n) is 6.85. The second kappa shape index (κ2) is 6.55. The molecule has 104 valence electrons. The molecular weight excluding hydrogens is 245 g/mol. The van der Waals surface area contributed by atoms with Crippen molar-refractivity contribution >= 4 is 5.91 Å². The van der Waals surface area contributed by atoms with Crippen LogP contribution in [-0.4, -0.2) is 19.1 Å². The molecule has 1 N–H and O–H groups in total. The number of hydrogen-bond donors (Lipinski definition) is 1. The number of rotatable bonds is 3. The van der Waals surface area contributed by atoms with E-state index in [0.717, 1.165) is 25.7 Å². The van der Waals surface area contributed by atoms with Crippen LogP contribution in [0.15, 0.2) is 18.2 Å². The SMILES string of the molecule is COc1ccc(C(=O)NC2CCCCCC2)c(F)c1. The monoisotopic (exact) mass is 265 g/mol. The third-order valence-electron chi connectivity index (χ3n) is 3.61. The van der Waals surface area contributed by atoms with Crippen molar-refractivity contribution in [3.8, 4) is 5.75 Å². The van der Waals surface area contributed by atoms with E-state index >= 15 is 0 Å². The maximum absolute atomic E-state index is 13.8. The van der Waals surface area contributed by atoms with Gasteiger partial charge in [-0.05, 0) is 25.0 Å². The van der Waals surface area contributed by atoms with Gasteiger partial charge < -0.3 is 10.1 Å². The van der Waals surface area contributed by atoms with Gasteiger partial charge >= 0.3 is 0 Å². The molecule has 1 aliphatic carbocycles. The van der Waals surface area contributed by atoms with Gasteiger partial charge in [-0.2, -0.15) is 0 Å². The number of amides is 1. The summed E-state index contributed by atoms with van der Waals surface area (Å²) in [5, 5.41) is 2.93. The fourth-order valence-corrected chi connectivity index (χ4v) is 2.49. The topological polar surface area (TPSA) is 38.3 Å². The minimum Gasteiger partial charge on any atom is -0.497 e. The standard InChI is InChI=1S/C15H20FNO2/c1-19-12-8-9-13(14(16)10-12)15(18)17-11-6-4-2-3-5-7-11/h8-11H,2-7H2,1H3,(H,17,18). The van der Waals surface area contributed by atoms with Crippen LogP contribution in [0.4, 0.5) is 4.39 Å². The van der Waals surface area contributed by atoms with Crippen LogP contribution in [0.5, 0.6) is 5.75 Å². The van der Waals surface area contributed by atoms with Crippen LogP contribution < -0.4 is 10.1 Å². The normalized spacial score (nSPS) is 16.7. The molecule has 19 heavy (non-hydrogen) atoms. The average Bonchev–Trinajstić information content (AvgIpc) is 2.67. The van der Waals surface area contributed by atoms with Crippen LogP contribution in [-0.2, 0) is 0 Å². The summed E-state index contributed by atoms with van der Waals surface area (Å²) in [6.45, 7) is 0. The maximum Gasteiger partial charge on any atom is 0.254 e. The van der Waals surface area contributed by atoms with E-state index in [4.69, 9.17) is 4.74 Å². The van der Waals surface area contributed by atoms with Gasteiger partial charge in [0.2, 0.25) is 0 Å². The molecule has 1 aliphatic rings. The van der Waals surface area contributed by atoms with Gasteiger partial charge in [-0.1, -0.05) is 25.7 Å². The van der Waals surface area contributed by atoms with Gasteiger partial charge in [0, 0.05) is 12.1 Å². The Hall–Kier alpha value is -1.58. The van der Waals surface area contributed by atoms with Gasteiger partial charge in [0.25, 0.3) is 5.91 Å². The molecule has 1 aromatic rings. The first kappa shape index (κ1) is 13.8. The van der Waals surface area contributed by atoms with E-state index in [-0.39, 0.29) is 17.5 Å². The summed E-state index contributed by atoms with van der Waals surface area (Å²) in [7, 11) is 1.47. The molecule has 2 rings (SSSR count). The highest BCUT2D eigenvalue weighted by molar-refractivity contribution is 5.94. The molecule has 0 bridgehead atoms. The van der Waals surface area contributed by atoms with Crippen LogP contribution in [0.1, 0.15) is 48.9 Å². The largest absolute Gasteiger partial charge is 0.497 e. The second-order valence-corrected chi connectivity index (χ2v) is 5.01. The highest BCUT2D eigenvalue weighted by Gasteiger charge is 2.18. The fourth-order valence-electron chi connectivity index (χ4n) is 2.49. The zero-order chi connectivity index (χ0) is 13.7. The van der Waals surface area contributed by atoms with E-state index < -0.39 is 5.82 Å². The lowest BCUT2D eigenvalue weighted by Gasteiger charge is -2.16. The number of carbonyl (C=O) groups is 1. The second-order valence-electron chi connectivity index (χ2n) is 5.01. The predicted molar refractivity (Wildman–Crippen MR) is 71.9 cm³/mol. The van der Waals surface area contributed by atoms with Crippen molar-refractivity contribution in [2.45, 2.75) is 44.6 Å².